The number of aromatic nitrogens is 2. The quantitative estimate of drug-likeness (QED) is 0.188. The molecule has 1 spiro atoms. The number of aryl methyl sites for hydroxylation is 1. The number of ether oxygens (including phenoxy) is 1. The van der Waals surface area contributed by atoms with Crippen LogP contribution in [0.3, 0.4) is 0 Å². The Morgan fingerprint density at radius 3 is 2.56 bits per heavy atom. The molecule has 0 amide bonds. The number of esters is 1. The summed E-state index contributed by atoms with van der Waals surface area (Å²) in [7, 11) is -3.65. The van der Waals surface area contributed by atoms with Crippen LogP contribution in [0.1, 0.15) is 18.4 Å². The lowest BCUT2D eigenvalue weighted by Gasteiger charge is -2.59. The van der Waals surface area contributed by atoms with Crippen LogP contribution in [0.2, 0.25) is 0 Å². The molecule has 0 radical (unpaired) electrons. The summed E-state index contributed by atoms with van der Waals surface area (Å²) in [5.41, 5.74) is 9.32. The van der Waals surface area contributed by atoms with Gasteiger partial charge < -0.3 is 30.6 Å². The summed E-state index contributed by atoms with van der Waals surface area (Å²) in [6, 6.07) is 12.1. The Morgan fingerprint density at radius 1 is 1.20 bits per heavy atom. The third kappa shape index (κ3) is 6.15. The highest BCUT2D eigenvalue weighted by atomic mass is 31.2. The summed E-state index contributed by atoms with van der Waals surface area (Å²) in [6.45, 7) is 5.15. The van der Waals surface area contributed by atoms with E-state index in [4.69, 9.17) is 5.73 Å². The van der Waals surface area contributed by atoms with Crippen molar-refractivity contribution >= 4 is 47.2 Å². The topological polar surface area (TPSA) is 122 Å². The second kappa shape index (κ2) is 10.6. The molecular formula is C27H29F4N6O3P. The molecule has 0 bridgehead atoms. The lowest BCUT2D eigenvalue weighted by Crippen LogP contribution is -2.65. The van der Waals surface area contributed by atoms with Crippen molar-refractivity contribution < 1.29 is 31.7 Å². The number of hydrogen-bond donors (Lipinski definition) is 3. The first-order valence-electron chi connectivity index (χ1n) is 12.8. The van der Waals surface area contributed by atoms with E-state index in [1.807, 2.05) is 25.1 Å². The maximum Gasteiger partial charge on any atom is 0.490 e. The van der Waals surface area contributed by atoms with Gasteiger partial charge in [0.1, 0.15) is 13.5 Å². The maximum absolute atomic E-state index is 14.7. The maximum atomic E-state index is 14.7. The van der Waals surface area contributed by atoms with Crippen molar-refractivity contribution in [2.24, 2.45) is 11.1 Å². The second-order valence-corrected chi connectivity index (χ2v) is 13.8. The number of anilines is 5. The van der Waals surface area contributed by atoms with Gasteiger partial charge in [-0.1, -0.05) is 12.1 Å². The van der Waals surface area contributed by atoms with Crippen molar-refractivity contribution in [3.63, 3.8) is 0 Å². The van der Waals surface area contributed by atoms with E-state index in [1.165, 1.54) is 24.9 Å². The average molecular weight is 593 g/mol. The van der Waals surface area contributed by atoms with E-state index in [2.05, 4.69) is 30.2 Å². The van der Waals surface area contributed by atoms with Crippen LogP contribution >= 0.6 is 7.14 Å². The van der Waals surface area contributed by atoms with Crippen molar-refractivity contribution in [3.05, 3.63) is 60.0 Å². The largest absolute Gasteiger partial charge is 0.490 e. The molecule has 218 valence electrons. The number of benzene rings is 2. The number of halogens is 4. The summed E-state index contributed by atoms with van der Waals surface area (Å²) in [5, 5.41) is 5.86. The van der Waals surface area contributed by atoms with Gasteiger partial charge in [-0.15, -0.1) is 0 Å². The number of nitrogens with one attached hydrogen (secondary N) is 2. The van der Waals surface area contributed by atoms with Gasteiger partial charge >= 0.3 is 12.1 Å². The molecular weight excluding hydrogens is 563 g/mol. The van der Waals surface area contributed by atoms with Crippen LogP contribution in [0.25, 0.3) is 0 Å². The predicted molar refractivity (Wildman–Crippen MR) is 148 cm³/mol. The Kier molecular flexibility index (Phi) is 7.46. The number of nitrogens with two attached hydrogens (primary N) is 1. The SMILES string of the molecule is Cc1cc(Nc2ncc(F)c(Nc3ccccc3P(C)(=O)COC(=O)C(F)(F)F)n2)ccc1N1CC2(CC(N)C2)C1. The summed E-state index contributed by atoms with van der Waals surface area (Å²) >= 11 is 0. The fourth-order valence-electron chi connectivity index (χ4n) is 5.43. The average Bonchev–Trinajstić information content (AvgIpc) is 2.86. The van der Waals surface area contributed by atoms with Crippen LogP contribution in [0.15, 0.2) is 48.7 Å². The lowest BCUT2D eigenvalue weighted by molar-refractivity contribution is -0.197. The highest BCUT2D eigenvalue weighted by molar-refractivity contribution is 7.71. The van der Waals surface area contributed by atoms with E-state index < -0.39 is 31.5 Å². The first-order valence-corrected chi connectivity index (χ1v) is 15.2. The monoisotopic (exact) mass is 592 g/mol. The highest BCUT2D eigenvalue weighted by Crippen LogP contribution is 2.49. The molecule has 2 aromatic carbocycles. The summed E-state index contributed by atoms with van der Waals surface area (Å²) in [4.78, 5) is 21.7. The highest BCUT2D eigenvalue weighted by Gasteiger charge is 2.51. The number of rotatable bonds is 8. The molecule has 1 aliphatic carbocycles. The van der Waals surface area contributed by atoms with Crippen molar-refractivity contribution in [1.29, 1.82) is 0 Å². The van der Waals surface area contributed by atoms with Crippen LogP contribution in [-0.4, -0.2) is 54.3 Å². The second-order valence-electron chi connectivity index (χ2n) is 10.8. The van der Waals surface area contributed by atoms with Crippen LogP contribution < -0.4 is 26.6 Å². The van der Waals surface area contributed by atoms with Crippen LogP contribution in [0, 0.1) is 18.2 Å². The first-order chi connectivity index (χ1) is 19.2. The van der Waals surface area contributed by atoms with Gasteiger partial charge in [-0.05, 0) is 62.3 Å². The van der Waals surface area contributed by atoms with Gasteiger partial charge in [-0.25, -0.2) is 14.2 Å². The van der Waals surface area contributed by atoms with Gasteiger partial charge in [0.05, 0.1) is 11.9 Å². The van der Waals surface area contributed by atoms with E-state index >= 15 is 0 Å². The molecule has 5 rings (SSSR count). The van der Waals surface area contributed by atoms with E-state index in [9.17, 15) is 26.9 Å². The fraction of sp³-hybridized carbons (Fsp3) is 0.370. The Hall–Kier alpha value is -3.70. The molecule has 1 atom stereocenters. The summed E-state index contributed by atoms with van der Waals surface area (Å²) < 4.78 is 69.8. The molecule has 1 saturated carbocycles. The first kappa shape index (κ1) is 28.8. The standard InChI is InChI=1S/C27H29F4N6O3P/c1-16-9-18(7-8-21(16)37-13-26(14-37)10-17(32)11-26)34-25-33-12-19(28)23(36-25)35-20-5-3-4-6-22(20)41(2,39)15-40-24(38)27(29,30)31/h3-9,12,17H,10-11,13-15,32H2,1-2H3,(H2,33,34,35,36). The predicted octanol–water partition coefficient (Wildman–Crippen LogP) is 5.02. The van der Waals surface area contributed by atoms with Crippen molar-refractivity contribution in [3.8, 4) is 0 Å². The minimum atomic E-state index is -5.22. The molecule has 2 aliphatic rings. The summed E-state index contributed by atoms with van der Waals surface area (Å²) in [6.07, 6.45) is -3.11. The molecule has 2 heterocycles. The van der Waals surface area contributed by atoms with E-state index in [1.54, 1.807) is 6.07 Å². The van der Waals surface area contributed by atoms with Gasteiger partial charge in [-0.3, -0.25) is 0 Å². The third-order valence-electron chi connectivity index (χ3n) is 7.32. The van der Waals surface area contributed by atoms with Crippen molar-refractivity contribution in [2.45, 2.75) is 32.0 Å². The van der Waals surface area contributed by atoms with Gasteiger partial charge in [-0.2, -0.15) is 18.2 Å². The molecule has 41 heavy (non-hydrogen) atoms. The number of nitrogens with zero attached hydrogens (tertiary/aromatic N) is 3. The van der Waals surface area contributed by atoms with Crippen LogP contribution in [-0.2, 0) is 14.1 Å². The normalized spacial score (nSPS) is 17.8. The van der Waals surface area contributed by atoms with E-state index in [0.29, 0.717) is 17.1 Å². The molecule has 1 saturated heterocycles. The molecule has 4 N–H and O–H groups in total. The molecule has 3 aromatic rings. The lowest BCUT2D eigenvalue weighted by atomic mass is 9.61. The van der Waals surface area contributed by atoms with Gasteiger partial charge in [0.15, 0.2) is 11.6 Å². The smallest absolute Gasteiger partial charge is 0.451 e. The number of carbonyl (C=O) groups is 1. The molecule has 1 unspecified atom stereocenters. The Morgan fingerprint density at radius 2 is 1.90 bits per heavy atom. The third-order valence-corrected chi connectivity index (χ3v) is 9.35. The van der Waals surface area contributed by atoms with Crippen molar-refractivity contribution in [2.75, 3.05) is 41.6 Å². The summed E-state index contributed by atoms with van der Waals surface area (Å²) in [5.74, 6) is -3.42. The molecule has 2 fully saturated rings. The Labute approximate surface area is 233 Å². The van der Waals surface area contributed by atoms with Gasteiger partial charge in [0.2, 0.25) is 5.95 Å². The van der Waals surface area contributed by atoms with E-state index in [0.717, 1.165) is 43.4 Å². The molecule has 9 nitrogen and oxygen atoms in total. The van der Waals surface area contributed by atoms with Gasteiger partial charge in [0, 0.05) is 41.2 Å². The van der Waals surface area contributed by atoms with E-state index in [-0.39, 0.29) is 22.8 Å². The van der Waals surface area contributed by atoms with Crippen LogP contribution in [0.5, 0.6) is 0 Å². The van der Waals surface area contributed by atoms with Gasteiger partial charge in [0.25, 0.3) is 0 Å². The van der Waals surface area contributed by atoms with Crippen LogP contribution in [0.4, 0.5) is 46.4 Å². The minimum absolute atomic E-state index is 0.0605. The Balaban J connectivity index is 1.29. The molecule has 14 heteroatoms. The number of para-hydroxylation sites is 1. The van der Waals surface area contributed by atoms with Crippen molar-refractivity contribution in [1.82, 2.24) is 9.97 Å². The zero-order valence-electron chi connectivity index (χ0n) is 22.3. The number of carbonyl (C=O) groups excluding carboxylic acids is 1. The molecule has 1 aliphatic heterocycles. The zero-order chi connectivity index (χ0) is 29.6. The zero-order valence-corrected chi connectivity index (χ0v) is 23.2. The fourth-order valence-corrected chi connectivity index (χ4v) is 6.97. The molecule has 1 aromatic heterocycles. The minimum Gasteiger partial charge on any atom is -0.451 e. The Bertz CT molecular complexity index is 1520. The number of hydrogen-bond acceptors (Lipinski definition) is 9. The number of alkyl halides is 3.